The van der Waals surface area contributed by atoms with Gasteiger partial charge in [0.15, 0.2) is 0 Å². The van der Waals surface area contributed by atoms with Gasteiger partial charge in [0.1, 0.15) is 0 Å². The Morgan fingerprint density at radius 1 is 0.395 bits per heavy atom. The van der Waals surface area contributed by atoms with E-state index in [2.05, 4.69) is 121 Å². The molecule has 7 aromatic carbocycles. The molecular weight excluding hydrogens is 589 g/mol. The molecule has 43 heavy (non-hydrogen) atoms. The quantitative estimate of drug-likeness (QED) is 0.147. The molecular formula is C39H23N3Se. The molecule has 0 radical (unpaired) electrons. The molecule has 0 N–H and O–H groups in total. The van der Waals surface area contributed by atoms with Gasteiger partial charge in [-0.1, -0.05) is 6.07 Å². The zero-order chi connectivity index (χ0) is 28.3. The third kappa shape index (κ3) is 3.99. The molecule has 3 nitrogen and oxygen atoms in total. The summed E-state index contributed by atoms with van der Waals surface area (Å²) in [5.74, 6) is 2.04. The minimum absolute atomic E-state index is 0.220. The molecule has 0 atom stereocenters. The molecule has 0 aliphatic heterocycles. The van der Waals surface area contributed by atoms with E-state index >= 15 is 0 Å². The van der Waals surface area contributed by atoms with Crippen molar-refractivity contribution in [2.75, 3.05) is 0 Å². The second kappa shape index (κ2) is 9.71. The molecule has 0 unspecified atom stereocenters. The molecule has 0 aliphatic rings. The Labute approximate surface area is 253 Å². The predicted octanol–water partition coefficient (Wildman–Crippen LogP) is 9.70. The van der Waals surface area contributed by atoms with Crippen LogP contribution in [0.1, 0.15) is 0 Å². The zero-order valence-corrected chi connectivity index (χ0v) is 24.7. The van der Waals surface area contributed by atoms with E-state index in [1.807, 2.05) is 18.2 Å². The van der Waals surface area contributed by atoms with Crippen LogP contribution >= 0.6 is 0 Å². The van der Waals surface area contributed by atoms with Crippen molar-refractivity contribution in [3.63, 3.8) is 0 Å². The molecule has 0 aliphatic carbocycles. The van der Waals surface area contributed by atoms with Crippen molar-refractivity contribution < 1.29 is 0 Å². The Bertz CT molecular complexity index is 2510. The second-order valence-corrected chi connectivity index (χ2v) is 13.1. The Hall–Kier alpha value is -5.15. The molecule has 200 valence electrons. The van der Waals surface area contributed by atoms with Crippen molar-refractivity contribution >= 4 is 66.1 Å². The van der Waals surface area contributed by atoms with Gasteiger partial charge in [-0.2, -0.15) is 0 Å². The minimum atomic E-state index is 0.220. The van der Waals surface area contributed by atoms with Gasteiger partial charge in [-0.05, 0) is 0 Å². The first-order chi connectivity index (χ1) is 21.3. The molecule has 0 fully saturated rings. The van der Waals surface area contributed by atoms with Crippen LogP contribution in [0.5, 0.6) is 0 Å². The summed E-state index contributed by atoms with van der Waals surface area (Å²) in [5.41, 5.74) is 2.98. The van der Waals surface area contributed by atoms with Gasteiger partial charge >= 0.3 is 249 Å². The summed E-state index contributed by atoms with van der Waals surface area (Å²) in [5, 5.41) is 10.00. The normalized spacial score (nSPS) is 11.7. The predicted molar refractivity (Wildman–Crippen MR) is 181 cm³/mol. The van der Waals surface area contributed by atoms with Crippen LogP contribution in [0.3, 0.4) is 0 Å². The first kappa shape index (κ1) is 24.4. The van der Waals surface area contributed by atoms with E-state index in [0.717, 1.165) is 22.1 Å². The Morgan fingerprint density at radius 3 is 1.91 bits per heavy atom. The van der Waals surface area contributed by atoms with E-state index in [4.69, 9.17) is 15.0 Å². The third-order valence-electron chi connectivity index (χ3n) is 8.28. The van der Waals surface area contributed by atoms with Crippen molar-refractivity contribution in [1.29, 1.82) is 0 Å². The molecule has 9 rings (SSSR count). The van der Waals surface area contributed by atoms with E-state index in [0.29, 0.717) is 17.5 Å². The zero-order valence-electron chi connectivity index (χ0n) is 23.0. The van der Waals surface area contributed by atoms with Gasteiger partial charge < -0.3 is 0 Å². The van der Waals surface area contributed by atoms with Crippen LogP contribution in [0.15, 0.2) is 140 Å². The summed E-state index contributed by atoms with van der Waals surface area (Å²) in [7, 11) is 0. The monoisotopic (exact) mass is 613 g/mol. The number of hydrogen-bond donors (Lipinski definition) is 0. The fraction of sp³-hybridized carbons (Fsp3) is 0. The van der Waals surface area contributed by atoms with Crippen LogP contribution in [0.25, 0.3) is 85.8 Å². The summed E-state index contributed by atoms with van der Waals surface area (Å²) in [4.78, 5) is 15.4. The van der Waals surface area contributed by atoms with Crippen molar-refractivity contribution in [1.82, 2.24) is 15.0 Å². The van der Waals surface area contributed by atoms with Crippen LogP contribution in [-0.2, 0) is 0 Å². The molecule has 0 saturated carbocycles. The molecule has 0 saturated heterocycles. The molecule has 2 heterocycles. The van der Waals surface area contributed by atoms with Crippen LogP contribution < -0.4 is 0 Å². The Balaban J connectivity index is 1.39. The average molecular weight is 613 g/mol. The first-order valence-corrected chi connectivity index (χ1v) is 16.1. The third-order valence-corrected chi connectivity index (χ3v) is 10.8. The number of nitrogens with zero attached hydrogens (tertiary/aromatic N) is 3. The number of benzene rings is 7. The molecule has 2 aromatic heterocycles. The Morgan fingerprint density at radius 2 is 1.05 bits per heavy atom. The topological polar surface area (TPSA) is 38.7 Å². The van der Waals surface area contributed by atoms with Crippen LogP contribution in [0.4, 0.5) is 0 Å². The summed E-state index contributed by atoms with van der Waals surface area (Å²) >= 11 is 0.220. The number of aromatic nitrogens is 3. The standard InChI is InChI=1S/C39H23N3Se/c1-2-12-26(13-3-1)37-40-38(28-19-18-24-10-4-5-14-27(24)22-28)42-39(41-37)33-23-32-30-16-8-9-17-34(30)43-36(32)35-29-15-7-6-11-25(29)20-21-31(33)35/h1-23H. The van der Waals surface area contributed by atoms with Crippen molar-refractivity contribution in [2.24, 2.45) is 0 Å². The van der Waals surface area contributed by atoms with Gasteiger partial charge in [0.2, 0.25) is 0 Å². The van der Waals surface area contributed by atoms with Crippen LogP contribution in [0.2, 0.25) is 0 Å². The fourth-order valence-electron chi connectivity index (χ4n) is 6.21. The van der Waals surface area contributed by atoms with Crippen molar-refractivity contribution in [2.45, 2.75) is 0 Å². The molecule has 9 aromatic rings. The maximum atomic E-state index is 5.20. The van der Waals surface area contributed by atoms with Gasteiger partial charge in [-0.25, -0.2) is 0 Å². The van der Waals surface area contributed by atoms with E-state index in [-0.39, 0.29) is 14.5 Å². The van der Waals surface area contributed by atoms with E-state index < -0.39 is 0 Å². The Kier molecular flexibility index (Phi) is 5.52. The van der Waals surface area contributed by atoms with Gasteiger partial charge in [0.25, 0.3) is 0 Å². The number of hydrogen-bond acceptors (Lipinski definition) is 3. The first-order valence-electron chi connectivity index (χ1n) is 14.4. The van der Waals surface area contributed by atoms with Crippen LogP contribution in [-0.4, -0.2) is 29.5 Å². The summed E-state index contributed by atoms with van der Waals surface area (Å²) in [6.45, 7) is 0. The fourth-order valence-corrected chi connectivity index (χ4v) is 8.85. The molecule has 0 amide bonds. The molecule has 0 spiro atoms. The van der Waals surface area contributed by atoms with Crippen molar-refractivity contribution in [3.8, 4) is 34.2 Å². The summed E-state index contributed by atoms with van der Waals surface area (Å²) in [6, 6.07) is 49.4. The van der Waals surface area contributed by atoms with Crippen molar-refractivity contribution in [3.05, 3.63) is 140 Å². The second-order valence-electron chi connectivity index (χ2n) is 10.8. The average Bonchev–Trinajstić information content (AvgIpc) is 3.46. The van der Waals surface area contributed by atoms with Gasteiger partial charge in [-0.3, -0.25) is 0 Å². The van der Waals surface area contributed by atoms with E-state index in [1.165, 1.54) is 46.2 Å². The van der Waals surface area contributed by atoms with Gasteiger partial charge in [-0.15, -0.1) is 0 Å². The van der Waals surface area contributed by atoms with E-state index in [9.17, 15) is 0 Å². The molecule has 0 bridgehead atoms. The number of rotatable bonds is 3. The van der Waals surface area contributed by atoms with E-state index in [1.54, 1.807) is 0 Å². The maximum absolute atomic E-state index is 5.20. The SMILES string of the molecule is c1ccc(-c2nc(-c3ccc4ccccc4c3)nc(-c3cc4c5ccccc5[se]c4c4c3ccc3ccccc34)n2)cc1. The van der Waals surface area contributed by atoms with Crippen LogP contribution in [0, 0.1) is 0 Å². The summed E-state index contributed by atoms with van der Waals surface area (Å²) < 4.78 is 2.87. The van der Waals surface area contributed by atoms with Gasteiger partial charge in [0.05, 0.1) is 0 Å². The number of fused-ring (bicyclic) bond motifs is 8. The van der Waals surface area contributed by atoms with Gasteiger partial charge in [0, 0.05) is 0 Å². The molecule has 4 heteroatoms. The summed E-state index contributed by atoms with van der Waals surface area (Å²) in [6.07, 6.45) is 0.